The lowest BCUT2D eigenvalue weighted by molar-refractivity contribution is -0.121. The van der Waals surface area contributed by atoms with Gasteiger partial charge in [-0.05, 0) is 58.2 Å². The van der Waals surface area contributed by atoms with Gasteiger partial charge in [0.1, 0.15) is 0 Å². The first-order chi connectivity index (χ1) is 8.58. The van der Waals surface area contributed by atoms with Crippen LogP contribution >= 0.6 is 0 Å². The van der Waals surface area contributed by atoms with E-state index in [1.165, 1.54) is 25.9 Å². The van der Waals surface area contributed by atoms with Crippen molar-refractivity contribution in [2.24, 2.45) is 11.7 Å². The van der Waals surface area contributed by atoms with Crippen molar-refractivity contribution in [1.82, 2.24) is 10.2 Å². The zero-order chi connectivity index (χ0) is 13.4. The Morgan fingerprint density at radius 2 is 2.11 bits per heavy atom. The molecule has 0 radical (unpaired) electrons. The molecule has 4 nitrogen and oxygen atoms in total. The molecular weight excluding hydrogens is 226 g/mol. The van der Waals surface area contributed by atoms with E-state index in [-0.39, 0.29) is 11.9 Å². The summed E-state index contributed by atoms with van der Waals surface area (Å²) in [5.41, 5.74) is 5.62. The molecule has 1 aliphatic heterocycles. The van der Waals surface area contributed by atoms with Gasteiger partial charge in [0.05, 0.1) is 0 Å². The molecule has 18 heavy (non-hydrogen) atoms. The summed E-state index contributed by atoms with van der Waals surface area (Å²) in [7, 11) is 0. The second kappa shape index (κ2) is 8.48. The molecular formula is C14H29N3O. The topological polar surface area (TPSA) is 58.4 Å². The van der Waals surface area contributed by atoms with Gasteiger partial charge < -0.3 is 16.0 Å². The van der Waals surface area contributed by atoms with Crippen LogP contribution in [-0.4, -0.2) is 43.0 Å². The molecule has 0 spiro atoms. The number of nitrogens with two attached hydrogens (primary N) is 1. The first-order valence-electron chi connectivity index (χ1n) is 7.32. The third-order valence-corrected chi connectivity index (χ3v) is 3.68. The zero-order valence-corrected chi connectivity index (χ0v) is 12.0. The van der Waals surface area contributed by atoms with E-state index in [2.05, 4.69) is 17.1 Å². The van der Waals surface area contributed by atoms with E-state index >= 15 is 0 Å². The maximum Gasteiger partial charge on any atom is 0.220 e. The third kappa shape index (κ3) is 6.97. The highest BCUT2D eigenvalue weighted by Crippen LogP contribution is 2.15. The fourth-order valence-corrected chi connectivity index (χ4v) is 2.26. The maximum atomic E-state index is 11.5. The Labute approximate surface area is 111 Å². The van der Waals surface area contributed by atoms with Crippen LogP contribution in [0.25, 0.3) is 0 Å². The van der Waals surface area contributed by atoms with Crippen LogP contribution in [0.2, 0.25) is 0 Å². The maximum absolute atomic E-state index is 11.5. The van der Waals surface area contributed by atoms with Gasteiger partial charge >= 0.3 is 0 Å². The van der Waals surface area contributed by atoms with Crippen molar-refractivity contribution >= 4 is 5.91 Å². The van der Waals surface area contributed by atoms with E-state index in [4.69, 9.17) is 5.73 Å². The lowest BCUT2D eigenvalue weighted by Crippen LogP contribution is -2.35. The van der Waals surface area contributed by atoms with Crippen LogP contribution < -0.4 is 11.1 Å². The summed E-state index contributed by atoms with van der Waals surface area (Å²) >= 11 is 0. The largest absolute Gasteiger partial charge is 0.356 e. The van der Waals surface area contributed by atoms with Crippen molar-refractivity contribution in [2.75, 3.05) is 26.2 Å². The summed E-state index contributed by atoms with van der Waals surface area (Å²) in [6.07, 6.45) is 5.02. The van der Waals surface area contributed by atoms with E-state index in [9.17, 15) is 4.79 Å². The molecule has 0 saturated carbocycles. The molecule has 1 saturated heterocycles. The number of rotatable bonds is 7. The first kappa shape index (κ1) is 15.4. The lowest BCUT2D eigenvalue weighted by atomic mass is 9.99. The number of nitrogens with zero attached hydrogens (tertiary/aromatic N) is 1. The van der Waals surface area contributed by atoms with Crippen LogP contribution in [0, 0.1) is 5.92 Å². The van der Waals surface area contributed by atoms with Gasteiger partial charge in [0.2, 0.25) is 5.91 Å². The number of piperidine rings is 1. The smallest absolute Gasteiger partial charge is 0.220 e. The molecule has 106 valence electrons. The van der Waals surface area contributed by atoms with Crippen molar-refractivity contribution in [3.05, 3.63) is 0 Å². The molecule has 1 unspecified atom stereocenters. The van der Waals surface area contributed by atoms with Gasteiger partial charge in [0.25, 0.3) is 0 Å². The van der Waals surface area contributed by atoms with E-state index in [0.29, 0.717) is 6.42 Å². The normalized spacial score (nSPS) is 19.7. The predicted molar refractivity (Wildman–Crippen MR) is 75.3 cm³/mol. The van der Waals surface area contributed by atoms with Crippen LogP contribution in [0.15, 0.2) is 0 Å². The number of hydrogen-bond acceptors (Lipinski definition) is 3. The average molecular weight is 255 g/mol. The first-order valence-corrected chi connectivity index (χ1v) is 7.32. The SMILES string of the molecule is CC(N)CCC(=O)NCCCN1CCC(C)CC1. The van der Waals surface area contributed by atoms with E-state index in [0.717, 1.165) is 31.8 Å². The number of likely N-dealkylation sites (tertiary alicyclic amines) is 1. The number of carbonyl (C=O) groups is 1. The minimum atomic E-state index is 0.117. The minimum Gasteiger partial charge on any atom is -0.356 e. The number of hydrogen-bond donors (Lipinski definition) is 2. The van der Waals surface area contributed by atoms with Crippen molar-refractivity contribution in [3.8, 4) is 0 Å². The van der Waals surface area contributed by atoms with Crippen LogP contribution in [0.5, 0.6) is 0 Å². The lowest BCUT2D eigenvalue weighted by Gasteiger charge is -2.30. The molecule has 0 bridgehead atoms. The van der Waals surface area contributed by atoms with Crippen molar-refractivity contribution in [3.63, 3.8) is 0 Å². The molecule has 3 N–H and O–H groups in total. The Morgan fingerprint density at radius 3 is 2.72 bits per heavy atom. The average Bonchev–Trinajstić information content (AvgIpc) is 2.34. The quantitative estimate of drug-likeness (QED) is 0.675. The molecule has 0 aromatic heterocycles. The van der Waals surface area contributed by atoms with Crippen LogP contribution in [0.1, 0.15) is 46.0 Å². The molecule has 1 amide bonds. The van der Waals surface area contributed by atoms with Crippen molar-refractivity contribution in [1.29, 1.82) is 0 Å². The summed E-state index contributed by atoms with van der Waals surface area (Å²) in [6, 6.07) is 0.117. The second-order valence-electron chi connectivity index (χ2n) is 5.74. The van der Waals surface area contributed by atoms with Crippen LogP contribution in [0.4, 0.5) is 0 Å². The van der Waals surface area contributed by atoms with Crippen molar-refractivity contribution in [2.45, 2.75) is 52.0 Å². The summed E-state index contributed by atoms with van der Waals surface area (Å²) in [6.45, 7) is 8.62. The summed E-state index contributed by atoms with van der Waals surface area (Å²) < 4.78 is 0. The Morgan fingerprint density at radius 1 is 1.44 bits per heavy atom. The summed E-state index contributed by atoms with van der Waals surface area (Å²) in [5.74, 6) is 1.03. The molecule has 1 atom stereocenters. The van der Waals surface area contributed by atoms with Gasteiger partial charge in [-0.3, -0.25) is 4.79 Å². The summed E-state index contributed by atoms with van der Waals surface area (Å²) in [5, 5.41) is 2.97. The Balaban J connectivity index is 1.96. The van der Waals surface area contributed by atoms with Crippen LogP contribution in [0.3, 0.4) is 0 Å². The Hall–Kier alpha value is -0.610. The van der Waals surface area contributed by atoms with Crippen molar-refractivity contribution < 1.29 is 4.79 Å². The van der Waals surface area contributed by atoms with Gasteiger partial charge in [-0.25, -0.2) is 0 Å². The van der Waals surface area contributed by atoms with Crippen LogP contribution in [-0.2, 0) is 4.79 Å². The highest BCUT2D eigenvalue weighted by atomic mass is 16.1. The number of nitrogens with one attached hydrogen (secondary N) is 1. The molecule has 4 heteroatoms. The van der Waals surface area contributed by atoms with Gasteiger partial charge in [0, 0.05) is 19.0 Å². The number of carbonyl (C=O) groups excluding carboxylic acids is 1. The zero-order valence-electron chi connectivity index (χ0n) is 12.0. The second-order valence-corrected chi connectivity index (χ2v) is 5.74. The fraction of sp³-hybridized carbons (Fsp3) is 0.929. The molecule has 1 aliphatic rings. The molecule has 1 fully saturated rings. The van der Waals surface area contributed by atoms with E-state index in [1.54, 1.807) is 0 Å². The molecule has 0 aromatic carbocycles. The molecule has 1 heterocycles. The Bertz CT molecular complexity index is 235. The Kier molecular flexibility index (Phi) is 7.28. The molecule has 0 aliphatic carbocycles. The highest BCUT2D eigenvalue weighted by Gasteiger charge is 2.14. The van der Waals surface area contributed by atoms with Gasteiger partial charge in [-0.15, -0.1) is 0 Å². The summed E-state index contributed by atoms with van der Waals surface area (Å²) in [4.78, 5) is 14.0. The van der Waals surface area contributed by atoms with Gasteiger partial charge in [-0.2, -0.15) is 0 Å². The monoisotopic (exact) mass is 255 g/mol. The highest BCUT2D eigenvalue weighted by molar-refractivity contribution is 5.75. The standard InChI is InChI=1S/C14H29N3O/c1-12-6-10-17(11-7-12)9-3-8-16-14(18)5-4-13(2)15/h12-13H,3-11,15H2,1-2H3,(H,16,18). The minimum absolute atomic E-state index is 0.117. The van der Waals surface area contributed by atoms with E-state index < -0.39 is 0 Å². The molecule has 1 rings (SSSR count). The third-order valence-electron chi connectivity index (χ3n) is 3.68. The molecule has 0 aromatic rings. The van der Waals surface area contributed by atoms with Gasteiger partial charge in [0.15, 0.2) is 0 Å². The van der Waals surface area contributed by atoms with E-state index in [1.807, 2.05) is 6.92 Å². The number of amides is 1. The fourth-order valence-electron chi connectivity index (χ4n) is 2.26. The van der Waals surface area contributed by atoms with Gasteiger partial charge in [-0.1, -0.05) is 6.92 Å². The predicted octanol–water partition coefficient (Wildman–Crippen LogP) is 1.35.